The predicted molar refractivity (Wildman–Crippen MR) is 96.3 cm³/mol. The van der Waals surface area contributed by atoms with E-state index < -0.39 is 0 Å². The lowest BCUT2D eigenvalue weighted by Gasteiger charge is -2.07. The van der Waals surface area contributed by atoms with Crippen molar-refractivity contribution in [3.05, 3.63) is 59.9 Å². The van der Waals surface area contributed by atoms with E-state index in [1.54, 1.807) is 49.6 Å². The molecule has 2 atom stereocenters. The van der Waals surface area contributed by atoms with Gasteiger partial charge in [0.25, 0.3) is 0 Å². The van der Waals surface area contributed by atoms with Crippen LogP contribution in [0.1, 0.15) is 12.0 Å². The van der Waals surface area contributed by atoms with Crippen molar-refractivity contribution in [2.45, 2.75) is 12.8 Å². The highest BCUT2D eigenvalue weighted by atomic mass is 19.1. The van der Waals surface area contributed by atoms with Crippen LogP contribution in [0.15, 0.2) is 48.5 Å². The van der Waals surface area contributed by atoms with Crippen LogP contribution in [0.5, 0.6) is 5.75 Å². The first-order valence-electron chi connectivity index (χ1n) is 8.54. The van der Waals surface area contributed by atoms with E-state index in [1.165, 1.54) is 6.07 Å². The van der Waals surface area contributed by atoms with E-state index in [2.05, 4.69) is 10.6 Å². The Morgan fingerprint density at radius 3 is 2.46 bits per heavy atom. The van der Waals surface area contributed by atoms with E-state index in [9.17, 15) is 14.0 Å². The summed E-state index contributed by atoms with van der Waals surface area (Å²) in [5, 5.41) is 5.59. The van der Waals surface area contributed by atoms with Gasteiger partial charge in [-0.1, -0.05) is 18.2 Å². The average molecular weight is 356 g/mol. The normalized spacial score (nSPS) is 18.1. The first kappa shape index (κ1) is 17.9. The van der Waals surface area contributed by atoms with Crippen molar-refractivity contribution in [3.63, 3.8) is 0 Å². The van der Waals surface area contributed by atoms with Crippen molar-refractivity contribution in [2.24, 2.45) is 11.8 Å². The van der Waals surface area contributed by atoms with E-state index in [-0.39, 0.29) is 29.5 Å². The van der Waals surface area contributed by atoms with Gasteiger partial charge in [0.2, 0.25) is 11.8 Å². The lowest BCUT2D eigenvalue weighted by molar-refractivity contribution is -0.125. The van der Waals surface area contributed by atoms with Gasteiger partial charge in [0.05, 0.1) is 18.9 Å². The maximum Gasteiger partial charge on any atom is 0.228 e. The average Bonchev–Trinajstić information content (AvgIpc) is 3.45. The number of nitrogens with one attached hydrogen (secondary N) is 2. The number of amides is 2. The molecule has 0 saturated heterocycles. The van der Waals surface area contributed by atoms with E-state index in [4.69, 9.17) is 4.74 Å². The van der Waals surface area contributed by atoms with Gasteiger partial charge in [0, 0.05) is 12.2 Å². The summed E-state index contributed by atoms with van der Waals surface area (Å²) in [6.45, 7) is 0.350. The molecule has 2 amide bonds. The molecule has 6 heteroatoms. The number of carbonyl (C=O) groups is 2. The quantitative estimate of drug-likeness (QED) is 0.802. The first-order valence-corrected chi connectivity index (χ1v) is 8.54. The fourth-order valence-corrected chi connectivity index (χ4v) is 2.84. The van der Waals surface area contributed by atoms with Gasteiger partial charge < -0.3 is 15.4 Å². The Morgan fingerprint density at radius 2 is 1.77 bits per heavy atom. The Balaban J connectivity index is 1.43. The van der Waals surface area contributed by atoms with Crippen LogP contribution >= 0.6 is 0 Å². The third-order valence-electron chi connectivity index (χ3n) is 4.47. The van der Waals surface area contributed by atoms with Crippen molar-refractivity contribution in [1.29, 1.82) is 0 Å². The van der Waals surface area contributed by atoms with E-state index >= 15 is 0 Å². The molecule has 2 unspecified atom stereocenters. The van der Waals surface area contributed by atoms with E-state index in [0.717, 1.165) is 0 Å². The molecule has 1 fully saturated rings. The molecule has 136 valence electrons. The fourth-order valence-electron chi connectivity index (χ4n) is 2.84. The molecule has 0 heterocycles. The lowest BCUT2D eigenvalue weighted by atomic mass is 10.1. The molecule has 1 saturated carbocycles. The largest absolute Gasteiger partial charge is 0.497 e. The number of anilines is 1. The summed E-state index contributed by atoms with van der Waals surface area (Å²) in [5.41, 5.74) is 1.24. The number of hydrogen-bond acceptors (Lipinski definition) is 3. The number of hydrogen-bond donors (Lipinski definition) is 2. The monoisotopic (exact) mass is 356 g/mol. The molecular weight excluding hydrogens is 335 g/mol. The molecular formula is C20H21FN2O3. The zero-order valence-electron chi connectivity index (χ0n) is 14.5. The molecule has 3 rings (SSSR count). The Labute approximate surface area is 151 Å². The molecule has 1 aliphatic carbocycles. The van der Waals surface area contributed by atoms with Crippen LogP contribution in [0.2, 0.25) is 0 Å². The van der Waals surface area contributed by atoms with Gasteiger partial charge in [0.1, 0.15) is 11.6 Å². The Hall–Kier alpha value is -2.89. The lowest BCUT2D eigenvalue weighted by Crippen LogP contribution is -2.29. The fraction of sp³-hybridized carbons (Fsp3) is 0.300. The maximum absolute atomic E-state index is 13.5. The first-order chi connectivity index (χ1) is 12.6. The summed E-state index contributed by atoms with van der Waals surface area (Å²) >= 11 is 0. The van der Waals surface area contributed by atoms with Crippen LogP contribution in [0.3, 0.4) is 0 Å². The standard InChI is InChI=1S/C20H21FN2O3/c1-26-15-8-6-14(7-9-15)23-20(25)17-12-16(17)19(24)22-11-10-13-4-2-3-5-18(13)21/h2-9,16-17H,10-12H2,1H3,(H,22,24)(H,23,25). The van der Waals surface area contributed by atoms with Crippen LogP contribution in [-0.4, -0.2) is 25.5 Å². The summed E-state index contributed by atoms with van der Waals surface area (Å²) in [5.74, 6) is -0.508. The minimum absolute atomic E-state index is 0.156. The van der Waals surface area contributed by atoms with Crippen LogP contribution in [0.25, 0.3) is 0 Å². The van der Waals surface area contributed by atoms with Crippen molar-refractivity contribution >= 4 is 17.5 Å². The number of ether oxygens (including phenoxy) is 1. The van der Waals surface area contributed by atoms with Gasteiger partial charge in [-0.15, -0.1) is 0 Å². The minimum atomic E-state index is -0.314. The Bertz CT molecular complexity index is 792. The second-order valence-electron chi connectivity index (χ2n) is 6.30. The van der Waals surface area contributed by atoms with Gasteiger partial charge in [0.15, 0.2) is 0 Å². The second kappa shape index (κ2) is 7.99. The van der Waals surface area contributed by atoms with Crippen molar-refractivity contribution in [1.82, 2.24) is 5.32 Å². The molecule has 26 heavy (non-hydrogen) atoms. The molecule has 5 nitrogen and oxygen atoms in total. The maximum atomic E-state index is 13.5. The highest BCUT2D eigenvalue weighted by molar-refractivity contribution is 5.99. The van der Waals surface area contributed by atoms with Gasteiger partial charge in [-0.05, 0) is 48.7 Å². The molecule has 1 aliphatic rings. The zero-order chi connectivity index (χ0) is 18.5. The number of carbonyl (C=O) groups excluding carboxylic acids is 2. The Kier molecular flexibility index (Phi) is 5.51. The predicted octanol–water partition coefficient (Wildman–Crippen LogP) is 2.77. The molecule has 2 N–H and O–H groups in total. The van der Waals surface area contributed by atoms with Gasteiger partial charge in [-0.2, -0.15) is 0 Å². The molecule has 0 radical (unpaired) electrons. The molecule has 0 bridgehead atoms. The van der Waals surface area contributed by atoms with Gasteiger partial charge in [-0.25, -0.2) is 4.39 Å². The molecule has 2 aromatic carbocycles. The second-order valence-corrected chi connectivity index (χ2v) is 6.30. The number of methoxy groups -OCH3 is 1. The third kappa shape index (κ3) is 4.39. The van der Waals surface area contributed by atoms with Gasteiger partial charge in [-0.3, -0.25) is 9.59 Å². The van der Waals surface area contributed by atoms with Crippen molar-refractivity contribution < 1.29 is 18.7 Å². The van der Waals surface area contributed by atoms with Crippen molar-refractivity contribution in [2.75, 3.05) is 19.0 Å². The Morgan fingerprint density at radius 1 is 1.08 bits per heavy atom. The molecule has 0 spiro atoms. The summed E-state index contributed by atoms with van der Waals surface area (Å²) in [6.07, 6.45) is 0.960. The zero-order valence-corrected chi connectivity index (χ0v) is 14.5. The molecule has 0 aromatic heterocycles. The summed E-state index contributed by atoms with van der Waals surface area (Å²) in [4.78, 5) is 24.3. The van der Waals surface area contributed by atoms with E-state index in [1.807, 2.05) is 0 Å². The highest BCUT2D eigenvalue weighted by Crippen LogP contribution is 2.39. The van der Waals surface area contributed by atoms with Crippen LogP contribution < -0.4 is 15.4 Å². The molecule has 2 aromatic rings. The summed E-state index contributed by atoms with van der Waals surface area (Å²) in [6, 6.07) is 13.5. The summed E-state index contributed by atoms with van der Waals surface area (Å²) < 4.78 is 18.6. The van der Waals surface area contributed by atoms with Crippen LogP contribution in [-0.2, 0) is 16.0 Å². The van der Waals surface area contributed by atoms with Gasteiger partial charge >= 0.3 is 0 Å². The van der Waals surface area contributed by atoms with Crippen molar-refractivity contribution in [3.8, 4) is 5.75 Å². The third-order valence-corrected chi connectivity index (χ3v) is 4.47. The molecule has 0 aliphatic heterocycles. The highest BCUT2D eigenvalue weighted by Gasteiger charge is 2.47. The topological polar surface area (TPSA) is 67.4 Å². The van der Waals surface area contributed by atoms with Crippen LogP contribution in [0.4, 0.5) is 10.1 Å². The minimum Gasteiger partial charge on any atom is -0.497 e. The van der Waals surface area contributed by atoms with Crippen LogP contribution in [0, 0.1) is 17.7 Å². The number of halogens is 1. The number of rotatable bonds is 7. The number of benzene rings is 2. The SMILES string of the molecule is COc1ccc(NC(=O)C2CC2C(=O)NCCc2ccccc2F)cc1. The van der Waals surface area contributed by atoms with E-state index in [0.29, 0.717) is 36.4 Å². The summed E-state index contributed by atoms with van der Waals surface area (Å²) in [7, 11) is 1.58. The smallest absolute Gasteiger partial charge is 0.228 e.